The number of thioether (sulfide) groups is 1. The van der Waals surface area contributed by atoms with Gasteiger partial charge in [-0.1, -0.05) is 17.7 Å². The molecular weight excluding hydrogens is 362 g/mol. The highest BCUT2D eigenvalue weighted by molar-refractivity contribution is 8.00. The predicted octanol–water partition coefficient (Wildman–Crippen LogP) is 0.645. The molecule has 0 aliphatic carbocycles. The van der Waals surface area contributed by atoms with Crippen LogP contribution >= 0.6 is 23.4 Å². The van der Waals surface area contributed by atoms with Crippen LogP contribution in [0, 0.1) is 5.92 Å². The summed E-state index contributed by atoms with van der Waals surface area (Å²) in [6.07, 6.45) is 1.44. The summed E-state index contributed by atoms with van der Waals surface area (Å²) in [5, 5.41) is 11.6. The first-order chi connectivity index (χ1) is 12.1. The first-order valence-corrected chi connectivity index (χ1v) is 9.35. The van der Waals surface area contributed by atoms with Crippen LogP contribution in [-0.4, -0.2) is 42.3 Å². The van der Waals surface area contributed by atoms with Crippen molar-refractivity contribution < 1.29 is 9.59 Å². The maximum Gasteiger partial charge on any atom is 0.230 e. The van der Waals surface area contributed by atoms with Gasteiger partial charge < -0.3 is 10.6 Å². The number of nitrogens with one attached hydrogen (secondary N) is 4. The molecule has 2 aliphatic heterocycles. The Morgan fingerprint density at radius 2 is 2.20 bits per heavy atom. The Morgan fingerprint density at radius 1 is 1.44 bits per heavy atom. The van der Waals surface area contributed by atoms with Gasteiger partial charge in [0, 0.05) is 18.1 Å². The highest BCUT2D eigenvalue weighted by Gasteiger charge is 2.44. The number of hydrogen-bond donors (Lipinski definition) is 4. The molecule has 3 rings (SSSR count). The van der Waals surface area contributed by atoms with Crippen LogP contribution in [-0.2, 0) is 9.59 Å². The van der Waals surface area contributed by atoms with Crippen molar-refractivity contribution in [2.24, 2.45) is 5.92 Å². The number of carbonyl (C=O) groups is 2. The fourth-order valence-electron chi connectivity index (χ4n) is 2.79. The lowest BCUT2D eigenvalue weighted by molar-refractivity contribution is -0.127. The van der Waals surface area contributed by atoms with Crippen LogP contribution in [0.1, 0.15) is 0 Å². The van der Waals surface area contributed by atoms with E-state index in [2.05, 4.69) is 28.0 Å². The lowest BCUT2D eigenvalue weighted by Gasteiger charge is -2.37. The third-order valence-corrected chi connectivity index (χ3v) is 5.27. The summed E-state index contributed by atoms with van der Waals surface area (Å²) in [5.41, 5.74) is 3.83. The first-order valence-electron chi connectivity index (χ1n) is 7.92. The summed E-state index contributed by atoms with van der Waals surface area (Å²) in [6, 6.07) is 7.42. The van der Waals surface area contributed by atoms with Crippen molar-refractivity contribution in [3.8, 4) is 0 Å². The quantitative estimate of drug-likeness (QED) is 0.541. The van der Waals surface area contributed by atoms with E-state index in [9.17, 15) is 9.59 Å². The summed E-state index contributed by atoms with van der Waals surface area (Å²) in [4.78, 5) is 24.1. The van der Waals surface area contributed by atoms with Gasteiger partial charge in [-0.15, -0.1) is 18.3 Å². The van der Waals surface area contributed by atoms with Gasteiger partial charge in [-0.3, -0.25) is 19.9 Å². The molecule has 9 heteroatoms. The minimum absolute atomic E-state index is 0.0308. The highest BCUT2D eigenvalue weighted by Crippen LogP contribution is 2.27. The number of anilines is 1. The number of hydrazine groups is 1. The van der Waals surface area contributed by atoms with Gasteiger partial charge in [0.1, 0.15) is 11.7 Å². The SMILES string of the molecule is C=CCNC(=O)CSC1NC(=O)C2CNN(c3ccc(Cl)cc3)C2N1. The number of hydrogen-bond acceptors (Lipinski definition) is 6. The molecule has 0 radical (unpaired) electrons. The molecule has 2 fully saturated rings. The van der Waals surface area contributed by atoms with Gasteiger partial charge in [0.15, 0.2) is 0 Å². The van der Waals surface area contributed by atoms with Crippen molar-refractivity contribution in [1.82, 2.24) is 21.4 Å². The van der Waals surface area contributed by atoms with Crippen LogP contribution in [0.2, 0.25) is 5.02 Å². The minimum Gasteiger partial charge on any atom is -0.352 e. The van der Waals surface area contributed by atoms with Crippen molar-refractivity contribution in [2.75, 3.05) is 23.9 Å². The second-order valence-electron chi connectivity index (χ2n) is 5.72. The molecular formula is C16H20ClN5O2S. The smallest absolute Gasteiger partial charge is 0.230 e. The standard InChI is InChI=1S/C16H20ClN5O2S/c1-2-7-18-13(23)9-25-16-20-14-12(15(24)21-16)8-19-22(14)11-5-3-10(17)4-6-11/h2-6,12,14,16,19-20H,1,7-9H2,(H,18,23)(H,21,24). The van der Waals surface area contributed by atoms with E-state index in [1.54, 1.807) is 6.08 Å². The Labute approximate surface area is 155 Å². The second-order valence-corrected chi connectivity index (χ2v) is 7.25. The van der Waals surface area contributed by atoms with Gasteiger partial charge in [-0.2, -0.15) is 0 Å². The Kier molecular flexibility index (Phi) is 5.85. The molecule has 3 unspecified atom stereocenters. The molecule has 2 heterocycles. The van der Waals surface area contributed by atoms with Crippen LogP contribution in [0.15, 0.2) is 36.9 Å². The van der Waals surface area contributed by atoms with E-state index in [1.165, 1.54) is 11.8 Å². The largest absolute Gasteiger partial charge is 0.352 e. The molecule has 0 spiro atoms. The summed E-state index contributed by atoms with van der Waals surface area (Å²) in [6.45, 7) is 4.54. The van der Waals surface area contributed by atoms with Gasteiger partial charge in [-0.25, -0.2) is 5.43 Å². The monoisotopic (exact) mass is 381 g/mol. The van der Waals surface area contributed by atoms with Crippen LogP contribution in [0.4, 0.5) is 5.69 Å². The molecule has 7 nitrogen and oxygen atoms in total. The molecule has 134 valence electrons. The molecule has 1 aromatic rings. The second kappa shape index (κ2) is 8.09. The predicted molar refractivity (Wildman–Crippen MR) is 99.9 cm³/mol. The maximum absolute atomic E-state index is 12.4. The summed E-state index contributed by atoms with van der Waals surface area (Å²) in [5.74, 6) is -0.0848. The topological polar surface area (TPSA) is 85.5 Å². The lowest BCUT2D eigenvalue weighted by Crippen LogP contribution is -2.63. The molecule has 4 N–H and O–H groups in total. The zero-order valence-corrected chi connectivity index (χ0v) is 15.1. The molecule has 0 saturated carbocycles. The highest BCUT2D eigenvalue weighted by atomic mass is 35.5. The van der Waals surface area contributed by atoms with Crippen LogP contribution in [0.25, 0.3) is 0 Å². The van der Waals surface area contributed by atoms with Gasteiger partial charge in [0.25, 0.3) is 0 Å². The number of carbonyl (C=O) groups excluding carboxylic acids is 2. The van der Waals surface area contributed by atoms with Crippen molar-refractivity contribution >= 4 is 40.9 Å². The van der Waals surface area contributed by atoms with E-state index in [0.717, 1.165) is 5.69 Å². The molecule has 0 aromatic heterocycles. The average Bonchev–Trinajstić information content (AvgIpc) is 3.03. The molecule has 25 heavy (non-hydrogen) atoms. The number of halogens is 1. The van der Waals surface area contributed by atoms with Crippen molar-refractivity contribution in [3.05, 3.63) is 41.9 Å². The third-order valence-electron chi connectivity index (χ3n) is 4.00. The van der Waals surface area contributed by atoms with Crippen molar-refractivity contribution in [3.63, 3.8) is 0 Å². The Balaban J connectivity index is 1.63. The van der Waals surface area contributed by atoms with E-state index in [4.69, 9.17) is 11.6 Å². The first kappa shape index (κ1) is 18.1. The third kappa shape index (κ3) is 4.27. The summed E-state index contributed by atoms with van der Waals surface area (Å²) in [7, 11) is 0. The fourth-order valence-corrected chi connectivity index (χ4v) is 3.77. The zero-order chi connectivity index (χ0) is 17.8. The number of rotatable bonds is 6. The zero-order valence-electron chi connectivity index (χ0n) is 13.5. The fraction of sp³-hybridized carbons (Fsp3) is 0.375. The summed E-state index contributed by atoms with van der Waals surface area (Å²) >= 11 is 7.29. The molecule has 2 amide bonds. The molecule has 3 atom stereocenters. The van der Waals surface area contributed by atoms with E-state index < -0.39 is 0 Å². The average molecular weight is 382 g/mol. The Bertz CT molecular complexity index is 656. The van der Waals surface area contributed by atoms with E-state index in [-0.39, 0.29) is 35.1 Å². The van der Waals surface area contributed by atoms with Crippen molar-refractivity contribution in [1.29, 1.82) is 0 Å². The normalized spacial score (nSPS) is 25.2. The number of nitrogens with zero attached hydrogens (tertiary/aromatic N) is 1. The van der Waals surface area contributed by atoms with E-state index >= 15 is 0 Å². The molecule has 0 bridgehead atoms. The maximum atomic E-state index is 12.4. The van der Waals surface area contributed by atoms with E-state index in [0.29, 0.717) is 18.1 Å². The molecule has 1 aromatic carbocycles. The number of amides is 2. The van der Waals surface area contributed by atoms with Gasteiger partial charge >= 0.3 is 0 Å². The van der Waals surface area contributed by atoms with Gasteiger partial charge in [0.2, 0.25) is 11.8 Å². The van der Waals surface area contributed by atoms with Gasteiger partial charge in [0.05, 0.1) is 17.4 Å². The van der Waals surface area contributed by atoms with Crippen molar-refractivity contribution in [2.45, 2.75) is 11.7 Å². The number of benzene rings is 1. The lowest BCUT2D eigenvalue weighted by atomic mass is 10.1. The Hall–Kier alpha value is -1.74. The summed E-state index contributed by atoms with van der Waals surface area (Å²) < 4.78 is 0. The van der Waals surface area contributed by atoms with Crippen LogP contribution in [0.5, 0.6) is 0 Å². The van der Waals surface area contributed by atoms with Crippen LogP contribution in [0.3, 0.4) is 0 Å². The molecule has 2 aliphatic rings. The number of fused-ring (bicyclic) bond motifs is 1. The molecule has 2 saturated heterocycles. The van der Waals surface area contributed by atoms with Gasteiger partial charge in [-0.05, 0) is 24.3 Å². The Morgan fingerprint density at radius 3 is 2.92 bits per heavy atom. The van der Waals surface area contributed by atoms with E-state index in [1.807, 2.05) is 29.3 Å². The van der Waals surface area contributed by atoms with Crippen LogP contribution < -0.4 is 26.4 Å². The minimum atomic E-state index is -0.335.